The summed E-state index contributed by atoms with van der Waals surface area (Å²) in [5.41, 5.74) is 7.66. The van der Waals surface area contributed by atoms with Crippen LogP contribution in [0, 0.1) is 0 Å². The summed E-state index contributed by atoms with van der Waals surface area (Å²) in [7, 11) is 0. The second-order valence-corrected chi connectivity index (χ2v) is 10.9. The molecular weight excluding hydrogens is 492 g/mol. The van der Waals surface area contributed by atoms with Crippen molar-refractivity contribution in [1.82, 2.24) is 9.97 Å². The Morgan fingerprint density at radius 1 is 0.436 bits per heavy atom. The van der Waals surface area contributed by atoms with Gasteiger partial charge in [0.15, 0.2) is 0 Å². The van der Waals surface area contributed by atoms with E-state index in [0.29, 0.717) is 0 Å². The predicted molar refractivity (Wildman–Crippen MR) is 166 cm³/mol. The predicted octanol–water partition coefficient (Wildman–Crippen LogP) is 10.2. The molecular formula is C36H22N2S. The summed E-state index contributed by atoms with van der Waals surface area (Å²) in [6, 6.07) is 47.3. The normalized spacial score (nSPS) is 11.6. The van der Waals surface area contributed by atoms with Crippen molar-refractivity contribution in [3.63, 3.8) is 0 Å². The molecule has 2 heterocycles. The average molecular weight is 515 g/mol. The Hall–Kier alpha value is -4.86. The zero-order chi connectivity index (χ0) is 25.8. The van der Waals surface area contributed by atoms with E-state index in [-0.39, 0.29) is 0 Å². The first kappa shape index (κ1) is 22.2. The molecule has 0 fully saturated rings. The SMILES string of the molecule is c1cc(-c2cccc(-c3nc4ccccc4c4c3ccc3ccccc34)c2)cc(-c2nc3ccccc3s2)c1. The molecule has 6 aromatic carbocycles. The highest BCUT2D eigenvalue weighted by Crippen LogP contribution is 2.38. The third-order valence-electron chi connectivity index (χ3n) is 7.46. The molecule has 0 aliphatic carbocycles. The Labute approximate surface area is 229 Å². The van der Waals surface area contributed by atoms with E-state index in [9.17, 15) is 0 Å². The van der Waals surface area contributed by atoms with Crippen molar-refractivity contribution < 1.29 is 0 Å². The fourth-order valence-corrected chi connectivity index (χ4v) is 6.58. The number of thiazole rings is 1. The third kappa shape index (κ3) is 3.70. The van der Waals surface area contributed by atoms with Crippen LogP contribution in [0.15, 0.2) is 133 Å². The molecule has 0 saturated heterocycles. The van der Waals surface area contributed by atoms with Gasteiger partial charge in [0, 0.05) is 27.3 Å². The number of aromatic nitrogens is 2. The lowest BCUT2D eigenvalue weighted by molar-refractivity contribution is 1.43. The average Bonchev–Trinajstić information content (AvgIpc) is 3.45. The van der Waals surface area contributed by atoms with E-state index < -0.39 is 0 Å². The number of hydrogen-bond acceptors (Lipinski definition) is 3. The Kier molecular flexibility index (Phi) is 5.04. The van der Waals surface area contributed by atoms with Gasteiger partial charge in [-0.25, -0.2) is 9.97 Å². The second kappa shape index (κ2) is 8.87. The molecule has 0 bridgehead atoms. The summed E-state index contributed by atoms with van der Waals surface area (Å²) in [5, 5.41) is 7.17. The van der Waals surface area contributed by atoms with Crippen LogP contribution in [0.5, 0.6) is 0 Å². The molecule has 0 unspecified atom stereocenters. The van der Waals surface area contributed by atoms with Crippen LogP contribution in [0.1, 0.15) is 0 Å². The molecule has 0 atom stereocenters. The van der Waals surface area contributed by atoms with Crippen molar-refractivity contribution in [3.05, 3.63) is 133 Å². The molecule has 39 heavy (non-hydrogen) atoms. The largest absolute Gasteiger partial charge is 0.247 e. The minimum absolute atomic E-state index is 1.01. The molecule has 2 nitrogen and oxygen atoms in total. The summed E-state index contributed by atoms with van der Waals surface area (Å²) in [6.07, 6.45) is 0. The molecule has 0 saturated carbocycles. The second-order valence-electron chi connectivity index (χ2n) is 9.84. The van der Waals surface area contributed by atoms with Crippen LogP contribution >= 0.6 is 11.3 Å². The molecule has 8 aromatic rings. The molecule has 0 aliphatic heterocycles. The lowest BCUT2D eigenvalue weighted by Gasteiger charge is -2.13. The molecule has 0 aliphatic rings. The number of hydrogen-bond donors (Lipinski definition) is 0. The van der Waals surface area contributed by atoms with Gasteiger partial charge in [-0.05, 0) is 52.2 Å². The lowest BCUT2D eigenvalue weighted by Crippen LogP contribution is -1.91. The summed E-state index contributed by atoms with van der Waals surface area (Å²) < 4.78 is 1.21. The first-order valence-electron chi connectivity index (χ1n) is 13.1. The van der Waals surface area contributed by atoms with Gasteiger partial charge in [0.1, 0.15) is 5.01 Å². The van der Waals surface area contributed by atoms with E-state index in [1.807, 2.05) is 6.07 Å². The molecule has 0 N–H and O–H groups in total. The molecule has 3 heteroatoms. The summed E-state index contributed by atoms with van der Waals surface area (Å²) in [4.78, 5) is 10.1. The van der Waals surface area contributed by atoms with Gasteiger partial charge in [-0.3, -0.25) is 0 Å². The zero-order valence-electron chi connectivity index (χ0n) is 21.0. The molecule has 182 valence electrons. The van der Waals surface area contributed by atoms with Gasteiger partial charge in [-0.2, -0.15) is 0 Å². The molecule has 0 amide bonds. The maximum atomic E-state index is 5.20. The van der Waals surface area contributed by atoms with E-state index in [2.05, 4.69) is 127 Å². The Bertz CT molecular complexity index is 2140. The summed E-state index contributed by atoms with van der Waals surface area (Å²) in [5.74, 6) is 0. The van der Waals surface area contributed by atoms with Crippen LogP contribution in [-0.2, 0) is 0 Å². The van der Waals surface area contributed by atoms with Gasteiger partial charge >= 0.3 is 0 Å². The fourth-order valence-electron chi connectivity index (χ4n) is 5.62. The Balaban J connectivity index is 1.30. The Morgan fingerprint density at radius 2 is 1.10 bits per heavy atom. The van der Waals surface area contributed by atoms with Crippen LogP contribution < -0.4 is 0 Å². The van der Waals surface area contributed by atoms with Crippen molar-refractivity contribution in [2.75, 3.05) is 0 Å². The van der Waals surface area contributed by atoms with Gasteiger partial charge in [0.2, 0.25) is 0 Å². The molecule has 0 spiro atoms. The molecule has 2 aromatic heterocycles. The number of benzene rings is 6. The number of pyridine rings is 1. The van der Waals surface area contributed by atoms with Gasteiger partial charge in [0.25, 0.3) is 0 Å². The molecule has 0 radical (unpaired) electrons. The van der Waals surface area contributed by atoms with Gasteiger partial charge < -0.3 is 0 Å². The highest BCUT2D eigenvalue weighted by Gasteiger charge is 2.14. The van der Waals surface area contributed by atoms with Crippen LogP contribution in [-0.4, -0.2) is 9.97 Å². The highest BCUT2D eigenvalue weighted by atomic mass is 32.1. The van der Waals surface area contributed by atoms with E-state index in [1.165, 1.54) is 42.8 Å². The summed E-state index contributed by atoms with van der Waals surface area (Å²) >= 11 is 1.74. The minimum Gasteiger partial charge on any atom is -0.247 e. The van der Waals surface area contributed by atoms with Crippen LogP contribution in [0.4, 0.5) is 0 Å². The first-order valence-corrected chi connectivity index (χ1v) is 13.9. The van der Waals surface area contributed by atoms with E-state index >= 15 is 0 Å². The molecule has 8 rings (SSSR count). The van der Waals surface area contributed by atoms with Gasteiger partial charge in [-0.15, -0.1) is 11.3 Å². The maximum absolute atomic E-state index is 5.20. The number of rotatable bonds is 3. The topological polar surface area (TPSA) is 25.8 Å². The van der Waals surface area contributed by atoms with Gasteiger partial charge in [-0.1, -0.05) is 103 Å². The van der Waals surface area contributed by atoms with Crippen molar-refractivity contribution in [2.45, 2.75) is 0 Å². The van der Waals surface area contributed by atoms with Crippen molar-refractivity contribution >= 4 is 54.0 Å². The summed E-state index contributed by atoms with van der Waals surface area (Å²) in [6.45, 7) is 0. The zero-order valence-corrected chi connectivity index (χ0v) is 21.8. The van der Waals surface area contributed by atoms with E-state index in [0.717, 1.165) is 32.9 Å². The lowest BCUT2D eigenvalue weighted by atomic mass is 9.94. The van der Waals surface area contributed by atoms with Crippen LogP contribution in [0.25, 0.3) is 75.6 Å². The highest BCUT2D eigenvalue weighted by molar-refractivity contribution is 7.21. The smallest absolute Gasteiger partial charge is 0.124 e. The first-order chi connectivity index (χ1) is 19.3. The minimum atomic E-state index is 1.01. The van der Waals surface area contributed by atoms with Crippen molar-refractivity contribution in [3.8, 4) is 33.0 Å². The quantitative estimate of drug-likeness (QED) is 0.219. The maximum Gasteiger partial charge on any atom is 0.124 e. The number of nitrogens with zero attached hydrogens (tertiary/aromatic N) is 2. The fraction of sp³-hybridized carbons (Fsp3) is 0. The monoisotopic (exact) mass is 514 g/mol. The van der Waals surface area contributed by atoms with Crippen LogP contribution in [0.2, 0.25) is 0 Å². The standard InChI is InChI=1S/C36H22N2S/c1-2-14-28-23(9-1)19-20-30-34(28)29-15-3-4-16-31(29)37-35(30)26-12-7-10-24(21-26)25-11-8-13-27(22-25)36-38-32-17-5-6-18-33(32)39-36/h1-22H. The van der Waals surface area contributed by atoms with Crippen molar-refractivity contribution in [2.24, 2.45) is 0 Å². The number of para-hydroxylation sites is 2. The van der Waals surface area contributed by atoms with E-state index in [4.69, 9.17) is 9.97 Å². The van der Waals surface area contributed by atoms with Crippen molar-refractivity contribution in [1.29, 1.82) is 0 Å². The van der Waals surface area contributed by atoms with Gasteiger partial charge in [0.05, 0.1) is 21.4 Å². The number of fused-ring (bicyclic) bond motifs is 6. The Morgan fingerprint density at radius 3 is 1.95 bits per heavy atom. The third-order valence-corrected chi connectivity index (χ3v) is 8.55. The van der Waals surface area contributed by atoms with Crippen LogP contribution in [0.3, 0.4) is 0 Å². The van der Waals surface area contributed by atoms with E-state index in [1.54, 1.807) is 11.3 Å².